The van der Waals surface area contributed by atoms with E-state index in [1.54, 1.807) is 4.90 Å². The van der Waals surface area contributed by atoms with Gasteiger partial charge in [-0.3, -0.25) is 4.79 Å². The van der Waals surface area contributed by atoms with Gasteiger partial charge in [0, 0.05) is 29.7 Å². The van der Waals surface area contributed by atoms with E-state index in [9.17, 15) is 13.2 Å². The van der Waals surface area contributed by atoms with E-state index in [1.165, 1.54) is 24.3 Å². The fourth-order valence-corrected chi connectivity index (χ4v) is 4.02. The number of hydrogen-bond donors (Lipinski definition) is 1. The lowest BCUT2D eigenvalue weighted by Crippen LogP contribution is -2.37. The highest BCUT2D eigenvalue weighted by Gasteiger charge is 2.33. The minimum atomic E-state index is -3.68. The standard InChI is InChI=1S/C17H17ClN2O3S/c1-12-2-6-15(7-3-12)20-11-14(10-17(20)21)19-24(22,23)16-8-4-13(18)5-9-16/h2-9,14,19H,10-11H2,1H3/t14-/m0/s1. The maximum Gasteiger partial charge on any atom is 0.240 e. The first-order valence-electron chi connectivity index (χ1n) is 7.50. The number of nitrogens with zero attached hydrogens (tertiary/aromatic N) is 1. The van der Waals surface area contributed by atoms with Crippen molar-refractivity contribution in [2.75, 3.05) is 11.4 Å². The van der Waals surface area contributed by atoms with Crippen LogP contribution in [0.5, 0.6) is 0 Å². The normalized spacial score (nSPS) is 18.2. The van der Waals surface area contributed by atoms with Crippen LogP contribution in [-0.2, 0) is 14.8 Å². The van der Waals surface area contributed by atoms with Crippen LogP contribution in [0.1, 0.15) is 12.0 Å². The second kappa shape index (κ2) is 6.55. The highest BCUT2D eigenvalue weighted by Crippen LogP contribution is 2.23. The van der Waals surface area contributed by atoms with Crippen molar-refractivity contribution in [2.24, 2.45) is 0 Å². The molecule has 1 fully saturated rings. The zero-order chi connectivity index (χ0) is 17.3. The Hall–Kier alpha value is -1.89. The monoisotopic (exact) mass is 364 g/mol. The molecule has 3 rings (SSSR count). The summed E-state index contributed by atoms with van der Waals surface area (Å²) in [6.45, 7) is 2.29. The molecule has 1 atom stereocenters. The van der Waals surface area contributed by atoms with E-state index in [1.807, 2.05) is 31.2 Å². The Morgan fingerprint density at radius 1 is 1.08 bits per heavy atom. The molecule has 126 valence electrons. The summed E-state index contributed by atoms with van der Waals surface area (Å²) < 4.78 is 27.4. The number of sulfonamides is 1. The van der Waals surface area contributed by atoms with Crippen molar-refractivity contribution in [3.8, 4) is 0 Å². The van der Waals surface area contributed by atoms with E-state index in [0.29, 0.717) is 11.6 Å². The van der Waals surface area contributed by atoms with Gasteiger partial charge in [0.25, 0.3) is 0 Å². The van der Waals surface area contributed by atoms with Crippen molar-refractivity contribution in [1.82, 2.24) is 4.72 Å². The number of carbonyl (C=O) groups is 1. The second-order valence-electron chi connectivity index (χ2n) is 5.82. The summed E-state index contributed by atoms with van der Waals surface area (Å²) in [7, 11) is -3.68. The van der Waals surface area contributed by atoms with E-state index in [0.717, 1.165) is 11.3 Å². The molecule has 0 aliphatic carbocycles. The molecular formula is C17H17ClN2O3S. The predicted molar refractivity (Wildman–Crippen MR) is 93.7 cm³/mol. The third-order valence-electron chi connectivity index (χ3n) is 3.92. The van der Waals surface area contributed by atoms with E-state index in [-0.39, 0.29) is 17.2 Å². The molecule has 1 saturated heterocycles. The molecule has 0 aromatic heterocycles. The zero-order valence-corrected chi connectivity index (χ0v) is 14.6. The van der Waals surface area contributed by atoms with Crippen molar-refractivity contribution >= 4 is 33.2 Å². The van der Waals surface area contributed by atoms with Gasteiger partial charge in [-0.15, -0.1) is 0 Å². The minimum Gasteiger partial charge on any atom is -0.311 e. The van der Waals surface area contributed by atoms with Gasteiger partial charge in [0.2, 0.25) is 15.9 Å². The van der Waals surface area contributed by atoms with Crippen molar-refractivity contribution in [3.05, 3.63) is 59.1 Å². The van der Waals surface area contributed by atoms with Gasteiger partial charge in [-0.1, -0.05) is 29.3 Å². The average molecular weight is 365 g/mol. The Bertz CT molecular complexity index is 848. The van der Waals surface area contributed by atoms with Crippen molar-refractivity contribution in [3.63, 3.8) is 0 Å². The summed E-state index contributed by atoms with van der Waals surface area (Å²) in [6.07, 6.45) is 0.140. The lowest BCUT2D eigenvalue weighted by atomic mass is 10.2. The maximum absolute atomic E-state index is 12.4. The van der Waals surface area contributed by atoms with Gasteiger partial charge in [-0.2, -0.15) is 0 Å². The number of rotatable bonds is 4. The summed E-state index contributed by atoms with van der Waals surface area (Å²) in [5.74, 6) is -0.0948. The molecule has 0 unspecified atom stereocenters. The van der Waals surface area contributed by atoms with Gasteiger partial charge < -0.3 is 4.90 Å². The smallest absolute Gasteiger partial charge is 0.240 e. The van der Waals surface area contributed by atoms with Crippen LogP contribution >= 0.6 is 11.6 Å². The third-order valence-corrected chi connectivity index (χ3v) is 5.70. The first kappa shape index (κ1) is 17.0. The molecule has 1 amide bonds. The Morgan fingerprint density at radius 2 is 1.71 bits per heavy atom. The Balaban J connectivity index is 1.74. The van der Waals surface area contributed by atoms with E-state index >= 15 is 0 Å². The van der Waals surface area contributed by atoms with Gasteiger partial charge in [-0.25, -0.2) is 13.1 Å². The van der Waals surface area contributed by atoms with Crippen molar-refractivity contribution in [1.29, 1.82) is 0 Å². The molecule has 0 bridgehead atoms. The Morgan fingerprint density at radius 3 is 2.33 bits per heavy atom. The molecule has 1 aliphatic heterocycles. The molecule has 1 N–H and O–H groups in total. The summed E-state index contributed by atoms with van der Waals surface area (Å²) in [6, 6.07) is 13.1. The van der Waals surface area contributed by atoms with Gasteiger partial charge in [0.15, 0.2) is 0 Å². The summed E-state index contributed by atoms with van der Waals surface area (Å²) in [4.78, 5) is 13.9. The first-order chi connectivity index (χ1) is 11.3. The summed E-state index contributed by atoms with van der Waals surface area (Å²) in [5, 5.41) is 0.468. The number of amides is 1. The third kappa shape index (κ3) is 3.61. The first-order valence-corrected chi connectivity index (χ1v) is 9.36. The van der Waals surface area contributed by atoms with Crippen LogP contribution < -0.4 is 9.62 Å². The highest BCUT2D eigenvalue weighted by atomic mass is 35.5. The molecule has 0 saturated carbocycles. The molecule has 2 aromatic rings. The molecule has 1 heterocycles. The molecular weight excluding hydrogens is 348 g/mol. The van der Waals surface area contributed by atoms with Gasteiger partial charge in [-0.05, 0) is 43.3 Å². The van der Waals surface area contributed by atoms with E-state index < -0.39 is 16.1 Å². The Labute approximate surface area is 146 Å². The summed E-state index contributed by atoms with van der Waals surface area (Å²) >= 11 is 5.78. The highest BCUT2D eigenvalue weighted by molar-refractivity contribution is 7.89. The number of anilines is 1. The Kier molecular flexibility index (Phi) is 4.62. The number of carbonyl (C=O) groups excluding carboxylic acids is 1. The molecule has 0 spiro atoms. The average Bonchev–Trinajstić information content (AvgIpc) is 2.88. The van der Waals surface area contributed by atoms with Gasteiger partial charge >= 0.3 is 0 Å². The number of aryl methyl sites for hydroxylation is 1. The molecule has 0 radical (unpaired) electrons. The van der Waals surface area contributed by atoms with Crippen LogP contribution in [0, 0.1) is 6.92 Å². The second-order valence-corrected chi connectivity index (χ2v) is 7.97. The lowest BCUT2D eigenvalue weighted by Gasteiger charge is -2.17. The maximum atomic E-state index is 12.4. The quantitative estimate of drug-likeness (QED) is 0.907. The van der Waals surface area contributed by atoms with Crippen LogP contribution in [0.3, 0.4) is 0 Å². The molecule has 1 aliphatic rings. The zero-order valence-electron chi connectivity index (χ0n) is 13.1. The fraction of sp³-hybridized carbons (Fsp3) is 0.235. The minimum absolute atomic E-state index is 0.0948. The lowest BCUT2D eigenvalue weighted by molar-refractivity contribution is -0.117. The van der Waals surface area contributed by atoms with Crippen LogP contribution in [0.2, 0.25) is 5.02 Å². The van der Waals surface area contributed by atoms with Crippen LogP contribution in [0.25, 0.3) is 0 Å². The number of halogens is 1. The number of hydrogen-bond acceptors (Lipinski definition) is 3. The van der Waals surface area contributed by atoms with E-state index in [4.69, 9.17) is 11.6 Å². The molecule has 7 heteroatoms. The number of benzene rings is 2. The van der Waals surface area contributed by atoms with Crippen LogP contribution in [0.15, 0.2) is 53.4 Å². The SMILES string of the molecule is Cc1ccc(N2C[C@@H](NS(=O)(=O)c3ccc(Cl)cc3)CC2=O)cc1. The topological polar surface area (TPSA) is 66.5 Å². The van der Waals surface area contributed by atoms with E-state index in [2.05, 4.69) is 4.72 Å². The van der Waals surface area contributed by atoms with Crippen LogP contribution in [0.4, 0.5) is 5.69 Å². The van der Waals surface area contributed by atoms with Crippen molar-refractivity contribution < 1.29 is 13.2 Å². The van der Waals surface area contributed by atoms with Crippen molar-refractivity contribution in [2.45, 2.75) is 24.3 Å². The van der Waals surface area contributed by atoms with Gasteiger partial charge in [0.05, 0.1) is 4.90 Å². The fourth-order valence-electron chi connectivity index (χ4n) is 2.66. The molecule has 5 nitrogen and oxygen atoms in total. The van der Waals surface area contributed by atoms with Crippen LogP contribution in [-0.4, -0.2) is 26.9 Å². The number of nitrogens with one attached hydrogen (secondary N) is 1. The van der Waals surface area contributed by atoms with Gasteiger partial charge in [0.1, 0.15) is 0 Å². The molecule has 2 aromatic carbocycles. The molecule has 24 heavy (non-hydrogen) atoms. The predicted octanol–water partition coefficient (Wildman–Crippen LogP) is 2.73. The largest absolute Gasteiger partial charge is 0.311 e. The summed E-state index contributed by atoms with van der Waals surface area (Å²) in [5.41, 5.74) is 1.88.